The summed E-state index contributed by atoms with van der Waals surface area (Å²) in [7, 11) is 0. The molecule has 28 heavy (non-hydrogen) atoms. The Balaban J connectivity index is 1.69. The lowest BCUT2D eigenvalue weighted by Gasteiger charge is -2.20. The van der Waals surface area contributed by atoms with Crippen LogP contribution in [-0.4, -0.2) is 31.2 Å². The van der Waals surface area contributed by atoms with Crippen LogP contribution in [0.25, 0.3) is 0 Å². The Morgan fingerprint density at radius 2 is 1.75 bits per heavy atom. The number of fused-ring (bicyclic) bond motifs is 1. The summed E-state index contributed by atoms with van der Waals surface area (Å²) in [4.78, 5) is 25.0. The quantitative estimate of drug-likeness (QED) is 0.788. The van der Waals surface area contributed by atoms with Gasteiger partial charge >= 0.3 is 5.97 Å². The van der Waals surface area contributed by atoms with Crippen LogP contribution in [0, 0.1) is 6.92 Å². The van der Waals surface area contributed by atoms with Gasteiger partial charge < -0.3 is 19.5 Å². The molecule has 2 aromatic rings. The lowest BCUT2D eigenvalue weighted by atomic mass is 9.98. The molecule has 1 heterocycles. The number of hydrogen-bond donors (Lipinski definition) is 1. The number of carbonyl (C=O) groups is 2. The highest BCUT2D eigenvalue weighted by Gasteiger charge is 2.22. The molecule has 0 fully saturated rings. The van der Waals surface area contributed by atoms with E-state index in [1.807, 2.05) is 25.1 Å². The second kappa shape index (κ2) is 8.33. The van der Waals surface area contributed by atoms with Crippen LogP contribution in [0.1, 0.15) is 48.2 Å². The molecule has 1 aliphatic rings. The fraction of sp³-hybridized carbons (Fsp3) is 0.364. The summed E-state index contributed by atoms with van der Waals surface area (Å²) in [6, 6.07) is 10.7. The highest BCUT2D eigenvalue weighted by atomic mass is 16.6. The standard InChI is InChI=1S/C22H25NO5/c1-13(2)17-7-5-6-14(3)20(17)23-21(24)15(4)28-22(25)16-8-9-18-19(12-16)27-11-10-26-18/h5-9,12-13,15H,10-11H2,1-4H3,(H,23,24)/t15-/m0/s1. The molecule has 1 atom stereocenters. The van der Waals surface area contributed by atoms with E-state index in [1.165, 1.54) is 0 Å². The number of esters is 1. The van der Waals surface area contributed by atoms with Crippen molar-refractivity contribution in [3.63, 3.8) is 0 Å². The first-order valence-corrected chi connectivity index (χ1v) is 9.38. The summed E-state index contributed by atoms with van der Waals surface area (Å²) >= 11 is 0. The van der Waals surface area contributed by atoms with Crippen LogP contribution in [0.15, 0.2) is 36.4 Å². The number of aryl methyl sites for hydroxylation is 1. The van der Waals surface area contributed by atoms with E-state index in [4.69, 9.17) is 14.2 Å². The molecule has 148 valence electrons. The van der Waals surface area contributed by atoms with E-state index in [-0.39, 0.29) is 11.8 Å². The van der Waals surface area contributed by atoms with Gasteiger partial charge in [-0.3, -0.25) is 4.79 Å². The number of ether oxygens (including phenoxy) is 3. The zero-order valence-electron chi connectivity index (χ0n) is 16.6. The molecule has 0 aromatic heterocycles. The maximum absolute atomic E-state index is 12.6. The summed E-state index contributed by atoms with van der Waals surface area (Å²) in [6.45, 7) is 8.53. The van der Waals surface area contributed by atoms with Gasteiger partial charge in [0.05, 0.1) is 5.56 Å². The molecule has 0 spiro atoms. The third kappa shape index (κ3) is 4.27. The van der Waals surface area contributed by atoms with Gasteiger partial charge in [-0.15, -0.1) is 0 Å². The number of carbonyl (C=O) groups excluding carboxylic acids is 2. The van der Waals surface area contributed by atoms with Crippen molar-refractivity contribution in [1.29, 1.82) is 0 Å². The monoisotopic (exact) mass is 383 g/mol. The average Bonchev–Trinajstić information content (AvgIpc) is 2.68. The molecule has 0 saturated heterocycles. The maximum Gasteiger partial charge on any atom is 0.339 e. The third-order valence-electron chi connectivity index (χ3n) is 4.61. The summed E-state index contributed by atoms with van der Waals surface area (Å²) in [5.74, 6) is 0.384. The fourth-order valence-electron chi connectivity index (χ4n) is 3.02. The van der Waals surface area contributed by atoms with Crippen molar-refractivity contribution in [2.75, 3.05) is 18.5 Å². The van der Waals surface area contributed by atoms with Gasteiger partial charge in [0.25, 0.3) is 5.91 Å². The number of rotatable bonds is 5. The van der Waals surface area contributed by atoms with E-state index in [1.54, 1.807) is 25.1 Å². The molecule has 1 amide bonds. The average molecular weight is 383 g/mol. The molecular formula is C22H25NO5. The second-order valence-corrected chi connectivity index (χ2v) is 7.09. The predicted octanol–water partition coefficient (Wildman–Crippen LogP) is 4.07. The molecule has 2 aromatic carbocycles. The largest absolute Gasteiger partial charge is 0.486 e. The minimum absolute atomic E-state index is 0.255. The molecule has 1 N–H and O–H groups in total. The topological polar surface area (TPSA) is 73.9 Å². The van der Waals surface area contributed by atoms with Crippen LogP contribution in [-0.2, 0) is 9.53 Å². The van der Waals surface area contributed by atoms with Crippen LogP contribution in [0.2, 0.25) is 0 Å². The van der Waals surface area contributed by atoms with E-state index in [9.17, 15) is 9.59 Å². The van der Waals surface area contributed by atoms with E-state index < -0.39 is 12.1 Å². The summed E-state index contributed by atoms with van der Waals surface area (Å²) in [5.41, 5.74) is 3.08. The SMILES string of the molecule is Cc1cccc(C(C)C)c1NC(=O)[C@H](C)OC(=O)c1ccc2c(c1)OCCO2. The Bertz CT molecular complexity index is 890. The molecule has 0 bridgehead atoms. The zero-order valence-corrected chi connectivity index (χ0v) is 16.6. The van der Waals surface area contributed by atoms with Crippen LogP contribution in [0.3, 0.4) is 0 Å². The Morgan fingerprint density at radius 3 is 2.46 bits per heavy atom. The number of anilines is 1. The molecule has 3 rings (SSSR count). The molecule has 6 nitrogen and oxygen atoms in total. The van der Waals surface area contributed by atoms with E-state index >= 15 is 0 Å². The predicted molar refractivity (Wildman–Crippen MR) is 106 cm³/mol. The van der Waals surface area contributed by atoms with Crippen molar-refractivity contribution in [3.8, 4) is 11.5 Å². The summed E-state index contributed by atoms with van der Waals surface area (Å²) < 4.78 is 16.3. The lowest BCUT2D eigenvalue weighted by molar-refractivity contribution is -0.123. The molecular weight excluding hydrogens is 358 g/mol. The summed E-state index contributed by atoms with van der Waals surface area (Å²) in [5, 5.41) is 2.91. The Hall–Kier alpha value is -3.02. The van der Waals surface area contributed by atoms with E-state index in [0.29, 0.717) is 30.3 Å². The van der Waals surface area contributed by atoms with Crippen molar-refractivity contribution < 1.29 is 23.8 Å². The second-order valence-electron chi connectivity index (χ2n) is 7.09. The molecule has 0 saturated carbocycles. The molecule has 0 aliphatic carbocycles. The van der Waals surface area contributed by atoms with E-state index in [0.717, 1.165) is 16.8 Å². The number of nitrogens with one attached hydrogen (secondary N) is 1. The fourth-order valence-corrected chi connectivity index (χ4v) is 3.02. The summed E-state index contributed by atoms with van der Waals surface area (Å²) in [6.07, 6.45) is -0.944. The number of para-hydroxylation sites is 1. The van der Waals surface area contributed by atoms with Gasteiger partial charge in [0.15, 0.2) is 17.6 Å². The van der Waals surface area contributed by atoms with Gasteiger partial charge in [-0.05, 0) is 49.1 Å². The van der Waals surface area contributed by atoms with Gasteiger partial charge in [-0.2, -0.15) is 0 Å². The van der Waals surface area contributed by atoms with Crippen LogP contribution in [0.5, 0.6) is 11.5 Å². The van der Waals surface area contributed by atoms with Gasteiger partial charge in [-0.1, -0.05) is 32.0 Å². The molecule has 0 radical (unpaired) electrons. The third-order valence-corrected chi connectivity index (χ3v) is 4.61. The van der Waals surface area contributed by atoms with Crippen molar-refractivity contribution in [2.45, 2.75) is 39.7 Å². The van der Waals surface area contributed by atoms with Crippen molar-refractivity contribution in [2.24, 2.45) is 0 Å². The normalized spacial score (nSPS) is 13.8. The van der Waals surface area contributed by atoms with Crippen molar-refractivity contribution in [1.82, 2.24) is 0 Å². The highest BCUT2D eigenvalue weighted by molar-refractivity contribution is 5.98. The van der Waals surface area contributed by atoms with Gasteiger partial charge in [0.1, 0.15) is 13.2 Å². The highest BCUT2D eigenvalue weighted by Crippen LogP contribution is 2.31. The molecule has 0 unspecified atom stereocenters. The van der Waals surface area contributed by atoms with Crippen molar-refractivity contribution >= 4 is 17.6 Å². The van der Waals surface area contributed by atoms with Gasteiger partial charge in [0.2, 0.25) is 0 Å². The lowest BCUT2D eigenvalue weighted by Crippen LogP contribution is -2.30. The minimum atomic E-state index is -0.944. The zero-order chi connectivity index (χ0) is 20.3. The Labute approximate surface area is 164 Å². The minimum Gasteiger partial charge on any atom is -0.486 e. The number of benzene rings is 2. The van der Waals surface area contributed by atoms with Crippen LogP contribution < -0.4 is 14.8 Å². The van der Waals surface area contributed by atoms with Crippen LogP contribution >= 0.6 is 0 Å². The Kier molecular flexibility index (Phi) is 5.87. The number of hydrogen-bond acceptors (Lipinski definition) is 5. The first kappa shape index (κ1) is 19.7. The van der Waals surface area contributed by atoms with Gasteiger partial charge in [-0.25, -0.2) is 4.79 Å². The number of amides is 1. The van der Waals surface area contributed by atoms with Crippen molar-refractivity contribution in [3.05, 3.63) is 53.1 Å². The van der Waals surface area contributed by atoms with E-state index in [2.05, 4.69) is 19.2 Å². The van der Waals surface area contributed by atoms with Gasteiger partial charge in [0, 0.05) is 5.69 Å². The van der Waals surface area contributed by atoms with Crippen LogP contribution in [0.4, 0.5) is 5.69 Å². The molecule has 6 heteroatoms. The first-order chi connectivity index (χ1) is 13.4. The first-order valence-electron chi connectivity index (χ1n) is 9.38. The smallest absolute Gasteiger partial charge is 0.339 e. The molecule has 1 aliphatic heterocycles. The maximum atomic E-state index is 12.6. The Morgan fingerprint density at radius 1 is 1.04 bits per heavy atom.